The van der Waals surface area contributed by atoms with Crippen molar-refractivity contribution < 1.29 is 4.79 Å². The van der Waals surface area contributed by atoms with Crippen molar-refractivity contribution in [2.45, 2.75) is 13.8 Å². The van der Waals surface area contributed by atoms with E-state index in [0.29, 0.717) is 0 Å². The average molecular weight is 366 g/mol. The lowest BCUT2D eigenvalue weighted by molar-refractivity contribution is 0.262. The summed E-state index contributed by atoms with van der Waals surface area (Å²) in [6, 6.07) is 13.3. The van der Waals surface area contributed by atoms with Gasteiger partial charge in [-0.05, 0) is 66.3 Å². The van der Waals surface area contributed by atoms with Gasteiger partial charge in [-0.1, -0.05) is 23.8 Å². The molecule has 0 radical (unpaired) electrons. The zero-order chi connectivity index (χ0) is 13.8. The highest BCUT2D eigenvalue weighted by atomic mass is 127. The first-order valence-corrected chi connectivity index (χ1v) is 7.04. The van der Waals surface area contributed by atoms with Crippen LogP contribution in [0.3, 0.4) is 0 Å². The topological polar surface area (TPSA) is 41.1 Å². The predicted octanol–water partition coefficient (Wildman–Crippen LogP) is 4.55. The van der Waals surface area contributed by atoms with Gasteiger partial charge < -0.3 is 10.6 Å². The molecule has 2 rings (SSSR count). The molecule has 0 bridgehead atoms. The molecule has 0 saturated carbocycles. The van der Waals surface area contributed by atoms with Gasteiger partial charge >= 0.3 is 6.03 Å². The van der Waals surface area contributed by atoms with E-state index in [9.17, 15) is 4.79 Å². The molecule has 2 N–H and O–H groups in total. The van der Waals surface area contributed by atoms with Crippen LogP contribution in [0.1, 0.15) is 11.1 Å². The molecule has 0 saturated heterocycles. The molecule has 0 unspecified atom stereocenters. The van der Waals surface area contributed by atoms with E-state index in [-0.39, 0.29) is 6.03 Å². The number of carbonyl (C=O) groups excluding carboxylic acids is 1. The van der Waals surface area contributed by atoms with Crippen LogP contribution >= 0.6 is 22.6 Å². The van der Waals surface area contributed by atoms with Gasteiger partial charge in [0, 0.05) is 14.9 Å². The molecule has 0 atom stereocenters. The summed E-state index contributed by atoms with van der Waals surface area (Å²) in [5.74, 6) is 0. The average Bonchev–Trinajstić information content (AvgIpc) is 2.38. The van der Waals surface area contributed by atoms with Crippen LogP contribution in [0.25, 0.3) is 0 Å². The first-order chi connectivity index (χ1) is 9.06. The van der Waals surface area contributed by atoms with Crippen molar-refractivity contribution in [1.82, 2.24) is 0 Å². The maximum atomic E-state index is 11.9. The Hall–Kier alpha value is -1.56. The van der Waals surface area contributed by atoms with Gasteiger partial charge in [0.25, 0.3) is 0 Å². The number of hydrogen-bond donors (Lipinski definition) is 2. The molecule has 2 aromatic rings. The van der Waals surface area contributed by atoms with Gasteiger partial charge in [-0.15, -0.1) is 0 Å². The second-order valence-corrected chi connectivity index (χ2v) is 5.52. The molecule has 0 aromatic heterocycles. The van der Waals surface area contributed by atoms with Crippen LogP contribution in [0.15, 0.2) is 42.5 Å². The van der Waals surface area contributed by atoms with Crippen molar-refractivity contribution in [2.24, 2.45) is 0 Å². The van der Waals surface area contributed by atoms with E-state index in [1.807, 2.05) is 56.3 Å². The van der Waals surface area contributed by atoms with E-state index in [0.717, 1.165) is 20.5 Å². The maximum absolute atomic E-state index is 11.9. The van der Waals surface area contributed by atoms with Gasteiger partial charge in [0.2, 0.25) is 0 Å². The van der Waals surface area contributed by atoms with Gasteiger partial charge in [-0.25, -0.2) is 4.79 Å². The Bertz CT molecular complexity index is 594. The van der Waals surface area contributed by atoms with Crippen LogP contribution in [0.5, 0.6) is 0 Å². The first kappa shape index (κ1) is 13.9. The minimum atomic E-state index is -0.228. The second-order valence-electron chi connectivity index (χ2n) is 4.36. The SMILES string of the molecule is Cc1ccc(NC(=O)Nc2cccc(I)c2C)cc1. The van der Waals surface area contributed by atoms with Crippen molar-refractivity contribution >= 4 is 40.0 Å². The Balaban J connectivity index is 2.05. The number of halogens is 1. The molecular weight excluding hydrogens is 351 g/mol. The van der Waals surface area contributed by atoms with E-state index in [1.165, 1.54) is 5.56 Å². The van der Waals surface area contributed by atoms with Gasteiger partial charge in [0.1, 0.15) is 0 Å². The first-order valence-electron chi connectivity index (χ1n) is 5.96. The highest BCUT2D eigenvalue weighted by molar-refractivity contribution is 14.1. The number of nitrogens with one attached hydrogen (secondary N) is 2. The number of rotatable bonds is 2. The summed E-state index contributed by atoms with van der Waals surface area (Å²) >= 11 is 2.25. The molecular formula is C15H15IN2O. The quantitative estimate of drug-likeness (QED) is 0.753. The van der Waals surface area contributed by atoms with E-state index < -0.39 is 0 Å². The minimum Gasteiger partial charge on any atom is -0.308 e. The monoisotopic (exact) mass is 366 g/mol. The highest BCUT2D eigenvalue weighted by Crippen LogP contribution is 2.20. The molecule has 0 spiro atoms. The van der Waals surface area contributed by atoms with Crippen molar-refractivity contribution in [3.05, 3.63) is 57.2 Å². The van der Waals surface area contributed by atoms with Crippen LogP contribution in [0.4, 0.5) is 16.2 Å². The summed E-state index contributed by atoms with van der Waals surface area (Å²) in [4.78, 5) is 11.9. The van der Waals surface area contributed by atoms with Crippen LogP contribution in [0.2, 0.25) is 0 Å². The molecule has 0 heterocycles. The lowest BCUT2D eigenvalue weighted by atomic mass is 10.2. The predicted molar refractivity (Wildman–Crippen MR) is 87.7 cm³/mol. The number of benzene rings is 2. The Morgan fingerprint density at radius 3 is 2.37 bits per heavy atom. The van der Waals surface area contributed by atoms with Crippen LogP contribution in [0, 0.1) is 17.4 Å². The molecule has 0 aliphatic rings. The Labute approximate surface area is 126 Å². The Kier molecular flexibility index (Phi) is 4.42. The Morgan fingerprint density at radius 2 is 1.68 bits per heavy atom. The smallest absolute Gasteiger partial charge is 0.308 e. The zero-order valence-corrected chi connectivity index (χ0v) is 13.0. The fraction of sp³-hybridized carbons (Fsp3) is 0.133. The summed E-state index contributed by atoms with van der Waals surface area (Å²) in [5.41, 5.74) is 3.85. The summed E-state index contributed by atoms with van der Waals surface area (Å²) in [6.07, 6.45) is 0. The van der Waals surface area contributed by atoms with Gasteiger partial charge in [-0.2, -0.15) is 0 Å². The molecule has 0 aliphatic carbocycles. The number of hydrogen-bond acceptors (Lipinski definition) is 1. The van der Waals surface area contributed by atoms with Crippen LogP contribution < -0.4 is 10.6 Å². The normalized spacial score (nSPS) is 10.1. The third-order valence-electron chi connectivity index (χ3n) is 2.83. The second kappa shape index (κ2) is 6.06. The molecule has 2 aromatic carbocycles. The number of amides is 2. The van der Waals surface area contributed by atoms with Gasteiger partial charge in [0.15, 0.2) is 0 Å². The van der Waals surface area contributed by atoms with E-state index in [4.69, 9.17) is 0 Å². The largest absolute Gasteiger partial charge is 0.323 e. The summed E-state index contributed by atoms with van der Waals surface area (Å²) < 4.78 is 1.13. The fourth-order valence-corrected chi connectivity index (χ4v) is 2.16. The number of urea groups is 1. The molecule has 2 amide bonds. The highest BCUT2D eigenvalue weighted by Gasteiger charge is 2.06. The number of carbonyl (C=O) groups is 1. The number of aryl methyl sites for hydroxylation is 1. The molecule has 19 heavy (non-hydrogen) atoms. The third-order valence-corrected chi connectivity index (χ3v) is 3.99. The van der Waals surface area contributed by atoms with E-state index in [1.54, 1.807) is 0 Å². The van der Waals surface area contributed by atoms with Crippen molar-refractivity contribution in [3.8, 4) is 0 Å². The minimum absolute atomic E-state index is 0.228. The Morgan fingerprint density at radius 1 is 1.00 bits per heavy atom. The lowest BCUT2D eigenvalue weighted by Crippen LogP contribution is -2.20. The van der Waals surface area contributed by atoms with Crippen molar-refractivity contribution in [2.75, 3.05) is 10.6 Å². The molecule has 98 valence electrons. The molecule has 0 aliphatic heterocycles. The van der Waals surface area contributed by atoms with E-state index >= 15 is 0 Å². The van der Waals surface area contributed by atoms with Crippen molar-refractivity contribution in [3.63, 3.8) is 0 Å². The molecule has 3 nitrogen and oxygen atoms in total. The van der Waals surface area contributed by atoms with Crippen molar-refractivity contribution in [1.29, 1.82) is 0 Å². The summed E-state index contributed by atoms with van der Waals surface area (Å²) in [5, 5.41) is 5.67. The zero-order valence-electron chi connectivity index (χ0n) is 10.8. The van der Waals surface area contributed by atoms with Crippen LogP contribution in [-0.2, 0) is 0 Å². The van der Waals surface area contributed by atoms with Gasteiger partial charge in [-0.3, -0.25) is 0 Å². The standard InChI is InChI=1S/C15H15IN2O/c1-10-6-8-12(9-7-10)17-15(19)18-14-5-3-4-13(16)11(14)2/h3-9H,1-2H3,(H2,17,18,19). The van der Waals surface area contributed by atoms with Crippen LogP contribution in [-0.4, -0.2) is 6.03 Å². The van der Waals surface area contributed by atoms with E-state index in [2.05, 4.69) is 33.2 Å². The lowest BCUT2D eigenvalue weighted by Gasteiger charge is -2.11. The fourth-order valence-electron chi connectivity index (χ4n) is 1.66. The third kappa shape index (κ3) is 3.70. The maximum Gasteiger partial charge on any atom is 0.323 e. The summed E-state index contributed by atoms with van der Waals surface area (Å²) in [7, 11) is 0. The summed E-state index contributed by atoms with van der Waals surface area (Å²) in [6.45, 7) is 4.00. The molecule has 0 fully saturated rings. The number of anilines is 2. The molecule has 4 heteroatoms. The van der Waals surface area contributed by atoms with Gasteiger partial charge in [0.05, 0.1) is 0 Å².